The molecule has 0 aromatic carbocycles. The zero-order chi connectivity index (χ0) is 11.4. The molecule has 1 atom stereocenters. The number of amides is 2. The van der Waals surface area contributed by atoms with E-state index in [4.69, 9.17) is 5.11 Å². The zero-order valence-electron chi connectivity index (χ0n) is 8.52. The molecule has 6 heteroatoms. The summed E-state index contributed by atoms with van der Waals surface area (Å²) >= 11 is 0. The average Bonchev–Trinajstić information content (AvgIpc) is 2.11. The molecule has 1 fully saturated rings. The Morgan fingerprint density at radius 1 is 1.60 bits per heavy atom. The summed E-state index contributed by atoms with van der Waals surface area (Å²) in [7, 11) is 0. The van der Waals surface area contributed by atoms with Crippen molar-refractivity contribution in [1.29, 1.82) is 0 Å². The van der Waals surface area contributed by atoms with Crippen molar-refractivity contribution in [2.75, 3.05) is 19.6 Å². The molecule has 1 aliphatic heterocycles. The van der Waals surface area contributed by atoms with Crippen LogP contribution in [0, 0.1) is 5.92 Å². The van der Waals surface area contributed by atoms with Crippen molar-refractivity contribution in [2.24, 2.45) is 5.92 Å². The van der Waals surface area contributed by atoms with Gasteiger partial charge in [0.1, 0.15) is 0 Å². The first-order valence-corrected chi connectivity index (χ1v) is 4.79. The van der Waals surface area contributed by atoms with Gasteiger partial charge in [0, 0.05) is 26.1 Å². The highest BCUT2D eigenvalue weighted by atomic mass is 16.4. The van der Waals surface area contributed by atoms with E-state index in [1.165, 1.54) is 4.90 Å². The van der Waals surface area contributed by atoms with Gasteiger partial charge in [0.25, 0.3) is 0 Å². The van der Waals surface area contributed by atoms with Crippen LogP contribution in [0.25, 0.3) is 0 Å². The molecule has 0 aromatic heterocycles. The second kappa shape index (κ2) is 4.77. The average molecular weight is 214 g/mol. The number of aliphatic carboxylic acids is 1. The fourth-order valence-corrected chi connectivity index (χ4v) is 1.54. The monoisotopic (exact) mass is 214 g/mol. The molecule has 0 aliphatic carbocycles. The molecule has 1 heterocycles. The summed E-state index contributed by atoms with van der Waals surface area (Å²) in [6.45, 7) is 2.95. The zero-order valence-corrected chi connectivity index (χ0v) is 8.52. The van der Waals surface area contributed by atoms with Crippen molar-refractivity contribution in [2.45, 2.75) is 13.3 Å². The minimum absolute atomic E-state index is 0.00536. The molecule has 1 rings (SSSR count). The summed E-state index contributed by atoms with van der Waals surface area (Å²) in [5.41, 5.74) is 0. The number of carboxylic acid groups (broad SMARTS) is 1. The van der Waals surface area contributed by atoms with Gasteiger partial charge in [0.05, 0.1) is 0 Å². The van der Waals surface area contributed by atoms with Gasteiger partial charge < -0.3 is 15.3 Å². The van der Waals surface area contributed by atoms with Crippen molar-refractivity contribution in [3.8, 4) is 0 Å². The lowest BCUT2D eigenvalue weighted by atomic mass is 10.1. The Morgan fingerprint density at radius 2 is 2.27 bits per heavy atom. The Hall–Kier alpha value is -1.59. The highest BCUT2D eigenvalue weighted by Crippen LogP contribution is 2.06. The van der Waals surface area contributed by atoms with Crippen molar-refractivity contribution < 1.29 is 19.5 Å². The highest BCUT2D eigenvalue weighted by molar-refractivity contribution is 6.35. The van der Waals surface area contributed by atoms with Crippen LogP contribution < -0.4 is 5.32 Å². The van der Waals surface area contributed by atoms with Crippen molar-refractivity contribution in [3.63, 3.8) is 0 Å². The summed E-state index contributed by atoms with van der Waals surface area (Å²) in [5, 5.41) is 11.0. The van der Waals surface area contributed by atoms with Gasteiger partial charge >= 0.3 is 17.8 Å². The second-order valence-corrected chi connectivity index (χ2v) is 3.71. The molecule has 0 radical (unpaired) electrons. The van der Waals surface area contributed by atoms with Gasteiger partial charge in [-0.05, 0) is 5.92 Å². The van der Waals surface area contributed by atoms with E-state index in [9.17, 15) is 14.4 Å². The molecule has 1 saturated heterocycles. The Kier molecular flexibility index (Phi) is 3.65. The normalized spacial score (nSPS) is 18.6. The number of piperazine rings is 1. The Morgan fingerprint density at radius 3 is 2.87 bits per heavy atom. The maximum atomic E-state index is 11.3. The molecule has 0 spiro atoms. The molecule has 2 amide bonds. The van der Waals surface area contributed by atoms with Gasteiger partial charge in [-0.2, -0.15) is 0 Å². The predicted molar refractivity (Wildman–Crippen MR) is 51.0 cm³/mol. The molecule has 2 N–H and O–H groups in total. The van der Waals surface area contributed by atoms with Crippen LogP contribution in [0.15, 0.2) is 0 Å². The Balaban J connectivity index is 2.46. The van der Waals surface area contributed by atoms with E-state index in [1.54, 1.807) is 6.92 Å². The quantitative estimate of drug-likeness (QED) is 0.591. The van der Waals surface area contributed by atoms with Gasteiger partial charge in [-0.1, -0.05) is 6.92 Å². The topological polar surface area (TPSA) is 86.7 Å². The standard InChI is InChI=1S/C9H14N2O4/c1-6(4-7(12)13)5-11-3-2-10-8(14)9(11)15/h6H,2-5H2,1H3,(H,10,14)(H,12,13). The van der Waals surface area contributed by atoms with Gasteiger partial charge in [-0.3, -0.25) is 14.4 Å². The van der Waals surface area contributed by atoms with Crippen LogP contribution in [-0.4, -0.2) is 47.4 Å². The van der Waals surface area contributed by atoms with Gasteiger partial charge in [-0.25, -0.2) is 0 Å². The second-order valence-electron chi connectivity index (χ2n) is 3.71. The van der Waals surface area contributed by atoms with E-state index >= 15 is 0 Å². The fourth-order valence-electron chi connectivity index (χ4n) is 1.54. The van der Waals surface area contributed by atoms with Crippen LogP contribution in [0.5, 0.6) is 0 Å². The summed E-state index contributed by atoms with van der Waals surface area (Å²) in [6, 6.07) is 0. The highest BCUT2D eigenvalue weighted by Gasteiger charge is 2.27. The van der Waals surface area contributed by atoms with Crippen LogP contribution in [0.2, 0.25) is 0 Å². The molecule has 15 heavy (non-hydrogen) atoms. The third-order valence-corrected chi connectivity index (χ3v) is 2.20. The van der Waals surface area contributed by atoms with Crippen LogP contribution in [0.4, 0.5) is 0 Å². The molecule has 0 bridgehead atoms. The number of carbonyl (C=O) groups is 3. The number of carbonyl (C=O) groups excluding carboxylic acids is 2. The molecular weight excluding hydrogens is 200 g/mol. The van der Waals surface area contributed by atoms with E-state index in [0.717, 1.165) is 0 Å². The van der Waals surface area contributed by atoms with Crippen molar-refractivity contribution >= 4 is 17.8 Å². The third kappa shape index (κ3) is 3.23. The fraction of sp³-hybridized carbons (Fsp3) is 0.667. The maximum absolute atomic E-state index is 11.3. The van der Waals surface area contributed by atoms with Gasteiger partial charge in [-0.15, -0.1) is 0 Å². The minimum atomic E-state index is -0.892. The molecule has 1 aliphatic rings. The van der Waals surface area contributed by atoms with Crippen molar-refractivity contribution in [1.82, 2.24) is 10.2 Å². The number of hydrogen-bond donors (Lipinski definition) is 2. The van der Waals surface area contributed by atoms with Crippen LogP contribution >= 0.6 is 0 Å². The number of hydrogen-bond acceptors (Lipinski definition) is 3. The SMILES string of the molecule is CC(CC(=O)O)CN1CCNC(=O)C1=O. The summed E-state index contributed by atoms with van der Waals surface area (Å²) in [4.78, 5) is 34.1. The number of rotatable bonds is 4. The summed E-state index contributed by atoms with van der Waals surface area (Å²) < 4.78 is 0. The number of nitrogens with one attached hydrogen (secondary N) is 1. The Labute approximate surface area is 87.2 Å². The summed E-state index contributed by atoms with van der Waals surface area (Å²) in [6.07, 6.45) is 0.00536. The third-order valence-electron chi connectivity index (χ3n) is 2.20. The van der Waals surface area contributed by atoms with E-state index < -0.39 is 17.8 Å². The van der Waals surface area contributed by atoms with E-state index in [1.807, 2.05) is 0 Å². The van der Waals surface area contributed by atoms with E-state index in [0.29, 0.717) is 19.6 Å². The minimum Gasteiger partial charge on any atom is -0.481 e. The van der Waals surface area contributed by atoms with Crippen LogP contribution in [-0.2, 0) is 14.4 Å². The molecule has 1 unspecified atom stereocenters. The van der Waals surface area contributed by atoms with Crippen LogP contribution in [0.1, 0.15) is 13.3 Å². The molecule has 0 saturated carbocycles. The molecular formula is C9H14N2O4. The molecule has 6 nitrogen and oxygen atoms in total. The lowest BCUT2D eigenvalue weighted by Crippen LogP contribution is -2.53. The van der Waals surface area contributed by atoms with E-state index in [2.05, 4.69) is 5.32 Å². The molecule has 0 aromatic rings. The maximum Gasteiger partial charge on any atom is 0.311 e. The first-order chi connectivity index (χ1) is 7.00. The van der Waals surface area contributed by atoms with E-state index in [-0.39, 0.29) is 12.3 Å². The summed E-state index contributed by atoms with van der Waals surface area (Å²) in [5.74, 6) is -2.21. The smallest absolute Gasteiger partial charge is 0.311 e. The Bertz CT molecular complexity index is 290. The van der Waals surface area contributed by atoms with Gasteiger partial charge in [0.2, 0.25) is 0 Å². The lowest BCUT2D eigenvalue weighted by Gasteiger charge is -2.28. The molecule has 84 valence electrons. The van der Waals surface area contributed by atoms with Crippen molar-refractivity contribution in [3.05, 3.63) is 0 Å². The van der Waals surface area contributed by atoms with Gasteiger partial charge in [0.15, 0.2) is 0 Å². The first kappa shape index (κ1) is 11.5. The van der Waals surface area contributed by atoms with Crippen LogP contribution in [0.3, 0.4) is 0 Å². The number of nitrogens with zero attached hydrogens (tertiary/aromatic N) is 1. The largest absolute Gasteiger partial charge is 0.481 e. The predicted octanol–water partition coefficient (Wildman–Crippen LogP) is -0.944. The lowest BCUT2D eigenvalue weighted by molar-refractivity contribution is -0.149. The number of carboxylic acids is 1. The first-order valence-electron chi connectivity index (χ1n) is 4.79.